The molecule has 2 N–H and O–H groups in total. The second kappa shape index (κ2) is 10.9. The third-order valence-corrected chi connectivity index (χ3v) is 3.52. The number of carbonyl (C=O) groups excluding carboxylic acids is 1. The first-order valence-corrected chi connectivity index (χ1v) is 8.52. The van der Waals surface area contributed by atoms with Crippen LogP contribution in [0.3, 0.4) is 0 Å². The highest BCUT2D eigenvalue weighted by Gasteiger charge is 2.16. The van der Waals surface area contributed by atoms with Crippen LogP contribution in [-0.2, 0) is 9.53 Å². The second-order valence-electron chi connectivity index (χ2n) is 6.12. The van der Waals surface area contributed by atoms with Gasteiger partial charge in [-0.2, -0.15) is 11.3 Å². The number of esters is 1. The van der Waals surface area contributed by atoms with E-state index in [1.807, 2.05) is 27.7 Å². The van der Waals surface area contributed by atoms with Gasteiger partial charge in [-0.05, 0) is 56.0 Å². The molecule has 0 radical (unpaired) electrons. The van der Waals surface area contributed by atoms with Gasteiger partial charge in [-0.15, -0.1) is 24.0 Å². The Balaban J connectivity index is 0.00000484. The number of carbonyl (C=O) groups is 1. The lowest BCUT2D eigenvalue weighted by Crippen LogP contribution is -2.39. The number of nitrogens with one attached hydrogen (secondary N) is 2. The van der Waals surface area contributed by atoms with Crippen LogP contribution in [0, 0.1) is 0 Å². The fourth-order valence-corrected chi connectivity index (χ4v) is 2.56. The van der Waals surface area contributed by atoms with Crippen molar-refractivity contribution >= 4 is 47.2 Å². The van der Waals surface area contributed by atoms with Crippen LogP contribution in [-0.4, -0.2) is 37.2 Å². The molecule has 0 aliphatic carbocycles. The van der Waals surface area contributed by atoms with E-state index in [-0.39, 0.29) is 36.5 Å². The molecule has 0 fully saturated rings. The zero-order chi connectivity index (χ0) is 16.6. The van der Waals surface area contributed by atoms with E-state index in [1.54, 1.807) is 11.3 Å². The van der Waals surface area contributed by atoms with Crippen molar-refractivity contribution in [2.24, 2.45) is 4.99 Å². The summed E-state index contributed by atoms with van der Waals surface area (Å²) in [6.45, 7) is 11.2. The summed E-state index contributed by atoms with van der Waals surface area (Å²) < 4.78 is 5.25. The Kier molecular flexibility index (Phi) is 10.5. The van der Waals surface area contributed by atoms with Crippen LogP contribution >= 0.6 is 35.3 Å². The van der Waals surface area contributed by atoms with Crippen LogP contribution in [0.4, 0.5) is 0 Å². The molecule has 23 heavy (non-hydrogen) atoms. The number of nitrogens with zero attached hydrogens (tertiary/aromatic N) is 1. The summed E-state index contributed by atoms with van der Waals surface area (Å²) in [5, 5.41) is 10.6. The molecule has 132 valence electrons. The van der Waals surface area contributed by atoms with Crippen molar-refractivity contribution in [3.8, 4) is 0 Å². The number of halogens is 1. The summed E-state index contributed by atoms with van der Waals surface area (Å²) >= 11 is 1.70. The summed E-state index contributed by atoms with van der Waals surface area (Å²) in [5.41, 5.74) is 0.826. The van der Waals surface area contributed by atoms with E-state index >= 15 is 0 Å². The van der Waals surface area contributed by atoms with E-state index in [0.717, 1.165) is 13.1 Å². The Labute approximate surface area is 160 Å². The SMILES string of the molecule is CCNC(=NCC(=O)OC(C)(C)C)NCC(C)c1ccsc1.I. The maximum Gasteiger partial charge on any atom is 0.328 e. The Hall–Kier alpha value is -0.830. The van der Waals surface area contributed by atoms with Crippen LogP contribution in [0.25, 0.3) is 0 Å². The molecule has 0 aliphatic heterocycles. The topological polar surface area (TPSA) is 62.7 Å². The molecular formula is C16H28IN3O2S. The summed E-state index contributed by atoms with van der Waals surface area (Å²) in [6, 6.07) is 2.13. The smallest absolute Gasteiger partial charge is 0.328 e. The molecule has 0 aliphatic rings. The maximum atomic E-state index is 11.7. The minimum atomic E-state index is -0.480. The molecule has 0 amide bonds. The average Bonchev–Trinajstić information content (AvgIpc) is 2.93. The number of guanidine groups is 1. The van der Waals surface area contributed by atoms with Crippen molar-refractivity contribution in [1.82, 2.24) is 10.6 Å². The third kappa shape index (κ3) is 9.80. The van der Waals surface area contributed by atoms with E-state index in [9.17, 15) is 4.79 Å². The van der Waals surface area contributed by atoms with Crippen molar-refractivity contribution in [3.05, 3.63) is 22.4 Å². The Morgan fingerprint density at radius 3 is 2.61 bits per heavy atom. The molecule has 1 unspecified atom stereocenters. The van der Waals surface area contributed by atoms with Crippen LogP contribution in [0.2, 0.25) is 0 Å². The molecular weight excluding hydrogens is 425 g/mol. The molecule has 7 heteroatoms. The first kappa shape index (κ1) is 22.2. The van der Waals surface area contributed by atoms with Gasteiger partial charge in [-0.3, -0.25) is 4.79 Å². The van der Waals surface area contributed by atoms with E-state index in [4.69, 9.17) is 4.74 Å². The van der Waals surface area contributed by atoms with Gasteiger partial charge >= 0.3 is 5.97 Å². The lowest BCUT2D eigenvalue weighted by Gasteiger charge is -2.19. The Bertz CT molecular complexity index is 484. The van der Waals surface area contributed by atoms with Gasteiger partial charge in [-0.25, -0.2) is 4.99 Å². The number of ether oxygens (including phenoxy) is 1. The second-order valence-corrected chi connectivity index (χ2v) is 6.90. The zero-order valence-electron chi connectivity index (χ0n) is 14.5. The standard InChI is InChI=1S/C16H27N3O2S.HI/c1-6-17-15(19-10-14(20)21-16(3,4)5)18-9-12(2)13-7-8-22-11-13;/h7-8,11-12H,6,9-10H2,1-5H3,(H2,17,18,19);1H. The number of hydrogen-bond acceptors (Lipinski definition) is 4. The molecule has 1 heterocycles. The molecule has 1 rings (SSSR count). The lowest BCUT2D eigenvalue weighted by atomic mass is 10.1. The molecule has 0 bridgehead atoms. The van der Waals surface area contributed by atoms with E-state index in [2.05, 4.69) is 39.4 Å². The molecule has 5 nitrogen and oxygen atoms in total. The summed E-state index contributed by atoms with van der Waals surface area (Å²) in [5.74, 6) is 0.697. The van der Waals surface area contributed by atoms with Crippen LogP contribution in [0.5, 0.6) is 0 Å². The van der Waals surface area contributed by atoms with Gasteiger partial charge in [0.1, 0.15) is 12.1 Å². The van der Waals surface area contributed by atoms with Gasteiger partial charge < -0.3 is 15.4 Å². The fourth-order valence-electron chi connectivity index (χ4n) is 1.78. The molecule has 0 saturated heterocycles. The molecule has 1 aromatic rings. The molecule has 1 atom stereocenters. The highest BCUT2D eigenvalue weighted by molar-refractivity contribution is 14.0. The van der Waals surface area contributed by atoms with Crippen molar-refractivity contribution in [2.75, 3.05) is 19.6 Å². The van der Waals surface area contributed by atoms with E-state index in [0.29, 0.717) is 11.9 Å². The minimum absolute atomic E-state index is 0. The van der Waals surface area contributed by atoms with Gasteiger partial charge in [0.15, 0.2) is 5.96 Å². The molecule has 0 spiro atoms. The fraction of sp³-hybridized carbons (Fsp3) is 0.625. The number of rotatable bonds is 6. The van der Waals surface area contributed by atoms with Gasteiger partial charge in [0.05, 0.1) is 0 Å². The number of thiophene rings is 1. The highest BCUT2D eigenvalue weighted by atomic mass is 127. The molecule has 0 aromatic carbocycles. The first-order valence-electron chi connectivity index (χ1n) is 7.58. The quantitative estimate of drug-likeness (QED) is 0.300. The van der Waals surface area contributed by atoms with E-state index in [1.165, 1.54) is 5.56 Å². The number of aliphatic imine (C=N–C) groups is 1. The third-order valence-electron chi connectivity index (χ3n) is 2.82. The van der Waals surface area contributed by atoms with Crippen molar-refractivity contribution in [1.29, 1.82) is 0 Å². The van der Waals surface area contributed by atoms with Crippen molar-refractivity contribution < 1.29 is 9.53 Å². The summed E-state index contributed by atoms with van der Waals surface area (Å²) in [7, 11) is 0. The van der Waals surface area contributed by atoms with Gasteiger partial charge in [-0.1, -0.05) is 6.92 Å². The minimum Gasteiger partial charge on any atom is -0.459 e. The van der Waals surface area contributed by atoms with Crippen molar-refractivity contribution in [3.63, 3.8) is 0 Å². The summed E-state index contributed by atoms with van der Waals surface area (Å²) in [4.78, 5) is 16.0. The average molecular weight is 453 g/mol. The normalized spacial score (nSPS) is 13.0. The largest absolute Gasteiger partial charge is 0.459 e. The van der Waals surface area contributed by atoms with Crippen LogP contribution < -0.4 is 10.6 Å². The molecule has 1 aromatic heterocycles. The predicted octanol–water partition coefficient (Wildman–Crippen LogP) is 3.37. The monoisotopic (exact) mass is 453 g/mol. The Morgan fingerprint density at radius 2 is 2.09 bits per heavy atom. The highest BCUT2D eigenvalue weighted by Crippen LogP contribution is 2.16. The maximum absolute atomic E-state index is 11.7. The summed E-state index contributed by atoms with van der Waals surface area (Å²) in [6.07, 6.45) is 0. The first-order chi connectivity index (χ1) is 10.3. The van der Waals surface area contributed by atoms with Crippen LogP contribution in [0.15, 0.2) is 21.8 Å². The van der Waals surface area contributed by atoms with Gasteiger partial charge in [0.2, 0.25) is 0 Å². The number of hydrogen-bond donors (Lipinski definition) is 2. The Morgan fingerprint density at radius 1 is 1.39 bits per heavy atom. The molecule has 0 saturated carbocycles. The zero-order valence-corrected chi connectivity index (χ0v) is 17.7. The van der Waals surface area contributed by atoms with Crippen LogP contribution in [0.1, 0.15) is 46.1 Å². The van der Waals surface area contributed by atoms with Gasteiger partial charge in [0.25, 0.3) is 0 Å². The lowest BCUT2D eigenvalue weighted by molar-refractivity contribution is -0.152. The van der Waals surface area contributed by atoms with Gasteiger partial charge in [0, 0.05) is 13.1 Å². The van der Waals surface area contributed by atoms with E-state index < -0.39 is 5.60 Å². The van der Waals surface area contributed by atoms with Crippen molar-refractivity contribution in [2.45, 2.75) is 46.1 Å². The predicted molar refractivity (Wildman–Crippen MR) is 108 cm³/mol.